The molecule has 0 spiro atoms. The molecule has 106 valence electrons. The molecule has 2 N–H and O–H groups in total. The largest absolute Gasteiger partial charge is 0.490 e. The first-order valence-electron chi connectivity index (χ1n) is 6.62. The maximum Gasteiger partial charge on any atom is 0.169 e. The predicted molar refractivity (Wildman–Crippen MR) is 81.9 cm³/mol. The monoisotopic (exact) mass is 291 g/mol. The van der Waals surface area contributed by atoms with Crippen LogP contribution >= 0.6 is 11.6 Å². The third-order valence-electron chi connectivity index (χ3n) is 2.81. The van der Waals surface area contributed by atoms with Gasteiger partial charge in [0.2, 0.25) is 0 Å². The lowest BCUT2D eigenvalue weighted by atomic mass is 10.1. The van der Waals surface area contributed by atoms with E-state index in [1.165, 1.54) is 0 Å². The van der Waals surface area contributed by atoms with E-state index in [-0.39, 0.29) is 0 Å². The van der Waals surface area contributed by atoms with Crippen LogP contribution in [0, 0.1) is 0 Å². The number of hydrogen-bond donors (Lipinski definition) is 1. The molecule has 0 radical (unpaired) electrons. The maximum atomic E-state index is 6.02. The Morgan fingerprint density at radius 3 is 2.50 bits per heavy atom. The Labute approximate surface area is 124 Å². The van der Waals surface area contributed by atoms with Gasteiger partial charge in [-0.05, 0) is 55.8 Å². The van der Waals surface area contributed by atoms with Crippen LogP contribution in [-0.4, -0.2) is 13.2 Å². The molecule has 3 nitrogen and oxygen atoms in total. The number of nitrogens with two attached hydrogens (primary N) is 1. The molecule has 0 aliphatic rings. The van der Waals surface area contributed by atoms with Crippen LogP contribution in [0.15, 0.2) is 42.5 Å². The highest BCUT2D eigenvalue weighted by Crippen LogP contribution is 2.34. The normalized spacial score (nSPS) is 10.3. The molecule has 2 rings (SSSR count). The molecule has 0 unspecified atom stereocenters. The van der Waals surface area contributed by atoms with E-state index in [1.807, 2.05) is 43.3 Å². The van der Waals surface area contributed by atoms with Crippen molar-refractivity contribution >= 4 is 11.6 Å². The van der Waals surface area contributed by atoms with Crippen molar-refractivity contribution in [2.24, 2.45) is 5.73 Å². The molecule has 0 aromatic heterocycles. The fourth-order valence-electron chi connectivity index (χ4n) is 1.93. The van der Waals surface area contributed by atoms with Crippen LogP contribution in [0.1, 0.15) is 12.5 Å². The van der Waals surface area contributed by atoms with Crippen LogP contribution < -0.4 is 15.2 Å². The molecular weight excluding hydrogens is 274 g/mol. The third-order valence-corrected chi connectivity index (χ3v) is 3.04. The molecule has 0 aliphatic carbocycles. The summed E-state index contributed by atoms with van der Waals surface area (Å²) in [5.41, 5.74) is 6.62. The minimum absolute atomic E-state index is 0.545. The van der Waals surface area contributed by atoms with Gasteiger partial charge in [0, 0.05) is 5.02 Å². The Hall–Kier alpha value is -1.71. The average Bonchev–Trinajstić information content (AvgIpc) is 2.44. The fraction of sp³-hybridized carbons (Fsp3) is 0.250. The standard InChI is InChI=1S/C16H18ClNO2/c1-2-19-15-5-3-4-6-16(15)20-14-8-7-13(17)11-12(14)9-10-18/h3-8,11H,2,9-10,18H2,1H3. The Morgan fingerprint density at radius 2 is 1.80 bits per heavy atom. The highest BCUT2D eigenvalue weighted by molar-refractivity contribution is 6.30. The Kier molecular flexibility index (Phi) is 5.27. The van der Waals surface area contributed by atoms with Crippen LogP contribution in [0.3, 0.4) is 0 Å². The zero-order chi connectivity index (χ0) is 14.4. The smallest absolute Gasteiger partial charge is 0.169 e. The zero-order valence-electron chi connectivity index (χ0n) is 11.4. The lowest BCUT2D eigenvalue weighted by Gasteiger charge is -2.14. The summed E-state index contributed by atoms with van der Waals surface area (Å²) in [5.74, 6) is 2.17. The molecule has 0 fully saturated rings. The lowest BCUT2D eigenvalue weighted by molar-refractivity contribution is 0.321. The summed E-state index contributed by atoms with van der Waals surface area (Å²) in [4.78, 5) is 0. The van der Waals surface area contributed by atoms with Gasteiger partial charge in [0.15, 0.2) is 11.5 Å². The van der Waals surface area contributed by atoms with E-state index in [2.05, 4.69) is 0 Å². The quantitative estimate of drug-likeness (QED) is 0.874. The summed E-state index contributed by atoms with van der Waals surface area (Å²) in [5, 5.41) is 0.680. The summed E-state index contributed by atoms with van der Waals surface area (Å²) in [6.45, 7) is 3.08. The molecule has 0 atom stereocenters. The predicted octanol–water partition coefficient (Wildman–Crippen LogP) is 4.03. The molecule has 0 aliphatic heterocycles. The number of hydrogen-bond acceptors (Lipinski definition) is 3. The molecule has 2 aromatic rings. The van der Waals surface area contributed by atoms with E-state index in [1.54, 1.807) is 6.07 Å². The van der Waals surface area contributed by atoms with Crippen molar-refractivity contribution in [3.8, 4) is 17.2 Å². The number of para-hydroxylation sites is 2. The summed E-state index contributed by atoms with van der Waals surface area (Å²) < 4.78 is 11.5. The van der Waals surface area contributed by atoms with Gasteiger partial charge >= 0.3 is 0 Å². The first kappa shape index (κ1) is 14.7. The van der Waals surface area contributed by atoms with Crippen molar-refractivity contribution in [3.63, 3.8) is 0 Å². The molecular formula is C16H18ClNO2. The van der Waals surface area contributed by atoms with E-state index in [0.717, 1.165) is 17.1 Å². The average molecular weight is 292 g/mol. The third kappa shape index (κ3) is 3.65. The second-order valence-electron chi connectivity index (χ2n) is 4.27. The van der Waals surface area contributed by atoms with Gasteiger partial charge in [-0.2, -0.15) is 0 Å². The Bertz CT molecular complexity index is 572. The number of rotatable bonds is 6. The van der Waals surface area contributed by atoms with E-state index in [0.29, 0.717) is 30.3 Å². The molecule has 0 heterocycles. The first-order valence-corrected chi connectivity index (χ1v) is 7.00. The number of halogens is 1. The molecule has 0 saturated heterocycles. The zero-order valence-corrected chi connectivity index (χ0v) is 12.2. The van der Waals surface area contributed by atoms with Gasteiger partial charge in [-0.3, -0.25) is 0 Å². The van der Waals surface area contributed by atoms with Crippen molar-refractivity contribution in [1.82, 2.24) is 0 Å². The van der Waals surface area contributed by atoms with Gasteiger partial charge in [-0.15, -0.1) is 0 Å². The summed E-state index contributed by atoms with van der Waals surface area (Å²) in [7, 11) is 0. The lowest BCUT2D eigenvalue weighted by Crippen LogP contribution is -2.04. The van der Waals surface area contributed by atoms with Crippen molar-refractivity contribution in [2.75, 3.05) is 13.2 Å². The van der Waals surface area contributed by atoms with Crippen LogP contribution in [0.4, 0.5) is 0 Å². The summed E-state index contributed by atoms with van der Waals surface area (Å²) >= 11 is 6.02. The van der Waals surface area contributed by atoms with E-state index in [9.17, 15) is 0 Å². The fourth-order valence-corrected chi connectivity index (χ4v) is 2.12. The number of ether oxygens (including phenoxy) is 2. The minimum atomic E-state index is 0.545. The van der Waals surface area contributed by atoms with Crippen LogP contribution in [0.5, 0.6) is 17.2 Å². The van der Waals surface area contributed by atoms with Crippen LogP contribution in [-0.2, 0) is 6.42 Å². The molecule has 0 saturated carbocycles. The molecule has 4 heteroatoms. The highest BCUT2D eigenvalue weighted by Gasteiger charge is 2.09. The van der Waals surface area contributed by atoms with Crippen molar-refractivity contribution < 1.29 is 9.47 Å². The molecule has 0 bridgehead atoms. The number of benzene rings is 2. The first-order chi connectivity index (χ1) is 9.74. The van der Waals surface area contributed by atoms with Gasteiger partial charge in [0.05, 0.1) is 6.61 Å². The van der Waals surface area contributed by atoms with Gasteiger partial charge in [0.25, 0.3) is 0 Å². The van der Waals surface area contributed by atoms with Crippen LogP contribution in [0.25, 0.3) is 0 Å². The van der Waals surface area contributed by atoms with Crippen molar-refractivity contribution in [2.45, 2.75) is 13.3 Å². The van der Waals surface area contributed by atoms with E-state index < -0.39 is 0 Å². The Morgan fingerprint density at radius 1 is 1.05 bits per heavy atom. The van der Waals surface area contributed by atoms with E-state index >= 15 is 0 Å². The maximum absolute atomic E-state index is 6.02. The summed E-state index contributed by atoms with van der Waals surface area (Å²) in [6, 6.07) is 13.1. The Balaban J connectivity index is 2.29. The second-order valence-corrected chi connectivity index (χ2v) is 4.71. The van der Waals surface area contributed by atoms with Gasteiger partial charge < -0.3 is 15.2 Å². The van der Waals surface area contributed by atoms with E-state index in [4.69, 9.17) is 26.8 Å². The van der Waals surface area contributed by atoms with Gasteiger partial charge in [-0.1, -0.05) is 23.7 Å². The van der Waals surface area contributed by atoms with Crippen molar-refractivity contribution in [1.29, 1.82) is 0 Å². The topological polar surface area (TPSA) is 44.5 Å². The molecule has 0 amide bonds. The highest BCUT2D eigenvalue weighted by atomic mass is 35.5. The molecule has 20 heavy (non-hydrogen) atoms. The SMILES string of the molecule is CCOc1ccccc1Oc1ccc(Cl)cc1CCN. The van der Waals surface area contributed by atoms with Crippen LogP contribution in [0.2, 0.25) is 5.02 Å². The van der Waals surface area contributed by atoms with Crippen molar-refractivity contribution in [3.05, 3.63) is 53.1 Å². The second kappa shape index (κ2) is 7.17. The molecule has 2 aromatic carbocycles. The van der Waals surface area contributed by atoms with Gasteiger partial charge in [0.1, 0.15) is 5.75 Å². The van der Waals surface area contributed by atoms with Gasteiger partial charge in [-0.25, -0.2) is 0 Å². The summed E-state index contributed by atoms with van der Waals surface area (Å²) in [6.07, 6.45) is 0.715. The minimum Gasteiger partial charge on any atom is -0.490 e.